The third-order valence-electron chi connectivity index (χ3n) is 3.97. The van der Waals surface area contributed by atoms with Crippen LogP contribution in [0.4, 0.5) is 5.69 Å². The zero-order valence-corrected chi connectivity index (χ0v) is 15.0. The number of nitrogens with one attached hydrogen (secondary N) is 2. The summed E-state index contributed by atoms with van der Waals surface area (Å²) in [6, 6.07) is 11.4. The van der Waals surface area contributed by atoms with Crippen LogP contribution in [-0.4, -0.2) is 11.8 Å². The molecule has 0 bridgehead atoms. The molecule has 0 aliphatic heterocycles. The number of carbonyl (C=O) groups is 2. The van der Waals surface area contributed by atoms with Gasteiger partial charge in [-0.15, -0.1) is 0 Å². The quantitative estimate of drug-likeness (QED) is 0.759. The van der Waals surface area contributed by atoms with Gasteiger partial charge in [0.2, 0.25) is 11.8 Å². The molecule has 5 heteroatoms. The predicted molar refractivity (Wildman–Crippen MR) is 98.1 cm³/mol. The molecular formula is C20H26N2O3. The molecule has 1 aromatic heterocycles. The Balaban J connectivity index is 1.72. The minimum atomic E-state index is -0.0852. The Morgan fingerprint density at radius 1 is 1.00 bits per heavy atom. The summed E-state index contributed by atoms with van der Waals surface area (Å²) in [7, 11) is 0. The predicted octanol–water partition coefficient (Wildman–Crippen LogP) is 4.07. The zero-order valence-electron chi connectivity index (χ0n) is 15.0. The molecule has 2 rings (SSSR count). The monoisotopic (exact) mass is 342 g/mol. The van der Waals surface area contributed by atoms with Gasteiger partial charge in [-0.2, -0.15) is 0 Å². The summed E-state index contributed by atoms with van der Waals surface area (Å²) in [6.07, 6.45) is 2.18. The highest BCUT2D eigenvalue weighted by Gasteiger charge is 2.14. The maximum Gasteiger partial charge on any atom is 0.224 e. The highest BCUT2D eigenvalue weighted by atomic mass is 16.3. The maximum absolute atomic E-state index is 12.1. The lowest BCUT2D eigenvalue weighted by atomic mass is 10.0. The van der Waals surface area contributed by atoms with Gasteiger partial charge in [0, 0.05) is 18.5 Å². The molecule has 5 nitrogen and oxygen atoms in total. The van der Waals surface area contributed by atoms with E-state index < -0.39 is 0 Å². The van der Waals surface area contributed by atoms with E-state index in [1.54, 1.807) is 12.3 Å². The topological polar surface area (TPSA) is 71.3 Å². The number of rotatable bonds is 8. The van der Waals surface area contributed by atoms with Crippen LogP contribution in [0.2, 0.25) is 0 Å². The molecule has 0 aliphatic carbocycles. The van der Waals surface area contributed by atoms with Crippen LogP contribution in [0.1, 0.15) is 50.9 Å². The number of carbonyl (C=O) groups excluding carboxylic acids is 2. The van der Waals surface area contributed by atoms with Gasteiger partial charge in [-0.1, -0.05) is 32.9 Å². The Morgan fingerprint density at radius 3 is 2.28 bits per heavy atom. The Morgan fingerprint density at radius 2 is 1.68 bits per heavy atom. The van der Waals surface area contributed by atoms with E-state index in [4.69, 9.17) is 4.42 Å². The van der Waals surface area contributed by atoms with Crippen molar-refractivity contribution in [2.75, 3.05) is 5.32 Å². The van der Waals surface area contributed by atoms with Crippen molar-refractivity contribution in [3.63, 3.8) is 0 Å². The standard InChI is InChI=1S/C20H26N2O3/c1-14(2)16-6-8-17(9-7-16)22-20(24)12-15(3)11-19(23)21-13-18-5-4-10-25-18/h4-10,14-15H,11-13H2,1-3H3,(H,21,23)(H,22,24)/t15-/m0/s1. The molecule has 0 saturated carbocycles. The fraction of sp³-hybridized carbons (Fsp3) is 0.400. The van der Waals surface area contributed by atoms with Gasteiger partial charge >= 0.3 is 0 Å². The van der Waals surface area contributed by atoms with Crippen molar-refractivity contribution in [3.8, 4) is 0 Å². The molecule has 1 atom stereocenters. The van der Waals surface area contributed by atoms with Crippen LogP contribution >= 0.6 is 0 Å². The van der Waals surface area contributed by atoms with Crippen molar-refractivity contribution >= 4 is 17.5 Å². The van der Waals surface area contributed by atoms with Crippen molar-refractivity contribution < 1.29 is 14.0 Å². The summed E-state index contributed by atoms with van der Waals surface area (Å²) >= 11 is 0. The van der Waals surface area contributed by atoms with Crippen LogP contribution in [-0.2, 0) is 16.1 Å². The van der Waals surface area contributed by atoms with Gasteiger partial charge in [-0.05, 0) is 41.7 Å². The lowest BCUT2D eigenvalue weighted by molar-refractivity contribution is -0.122. The third-order valence-corrected chi connectivity index (χ3v) is 3.97. The van der Waals surface area contributed by atoms with Crippen LogP contribution in [0.5, 0.6) is 0 Å². The fourth-order valence-corrected chi connectivity index (χ4v) is 2.54. The Hall–Kier alpha value is -2.56. The van der Waals surface area contributed by atoms with E-state index in [1.165, 1.54) is 5.56 Å². The second-order valence-corrected chi connectivity index (χ2v) is 6.69. The number of furan rings is 1. The van der Waals surface area contributed by atoms with Crippen LogP contribution in [0, 0.1) is 5.92 Å². The summed E-state index contributed by atoms with van der Waals surface area (Å²) in [6.45, 7) is 6.53. The molecule has 0 fully saturated rings. The smallest absolute Gasteiger partial charge is 0.224 e. The van der Waals surface area contributed by atoms with Gasteiger partial charge in [0.15, 0.2) is 0 Å². The molecule has 25 heavy (non-hydrogen) atoms. The van der Waals surface area contributed by atoms with Crippen molar-refractivity contribution in [1.29, 1.82) is 0 Å². The van der Waals surface area contributed by atoms with Crippen molar-refractivity contribution in [2.45, 2.75) is 46.1 Å². The van der Waals surface area contributed by atoms with E-state index in [0.717, 1.165) is 5.69 Å². The van der Waals surface area contributed by atoms with E-state index in [9.17, 15) is 9.59 Å². The summed E-state index contributed by atoms with van der Waals surface area (Å²) in [5, 5.41) is 5.67. The highest BCUT2D eigenvalue weighted by Crippen LogP contribution is 2.18. The molecule has 0 spiro atoms. The number of amides is 2. The lowest BCUT2D eigenvalue weighted by Crippen LogP contribution is -2.25. The second kappa shape index (κ2) is 9.06. The van der Waals surface area contributed by atoms with Gasteiger partial charge in [-0.25, -0.2) is 0 Å². The summed E-state index contributed by atoms with van der Waals surface area (Å²) in [5.74, 6) is 0.973. The van der Waals surface area contributed by atoms with E-state index in [-0.39, 0.29) is 17.7 Å². The van der Waals surface area contributed by atoms with Gasteiger partial charge in [0.05, 0.1) is 12.8 Å². The summed E-state index contributed by atoms with van der Waals surface area (Å²) < 4.78 is 5.16. The molecule has 2 aromatic rings. The molecule has 0 aliphatic rings. The molecule has 1 heterocycles. The minimum Gasteiger partial charge on any atom is -0.467 e. The molecular weight excluding hydrogens is 316 g/mol. The summed E-state index contributed by atoms with van der Waals surface area (Å²) in [4.78, 5) is 24.0. The Labute approximate surface area is 148 Å². The first-order valence-electron chi connectivity index (χ1n) is 8.63. The first kappa shape index (κ1) is 18.8. The maximum atomic E-state index is 12.1. The van der Waals surface area contributed by atoms with E-state index >= 15 is 0 Å². The van der Waals surface area contributed by atoms with Crippen LogP contribution in [0.3, 0.4) is 0 Å². The normalized spacial score (nSPS) is 12.0. The molecule has 1 aromatic carbocycles. The molecule has 0 saturated heterocycles. The van der Waals surface area contributed by atoms with Crippen molar-refractivity contribution in [2.24, 2.45) is 5.92 Å². The van der Waals surface area contributed by atoms with E-state index in [2.05, 4.69) is 24.5 Å². The molecule has 2 N–H and O–H groups in total. The zero-order chi connectivity index (χ0) is 18.2. The average Bonchev–Trinajstić information content (AvgIpc) is 3.06. The van der Waals surface area contributed by atoms with Crippen molar-refractivity contribution in [3.05, 3.63) is 54.0 Å². The first-order valence-corrected chi connectivity index (χ1v) is 8.63. The van der Waals surface area contributed by atoms with E-state index in [0.29, 0.717) is 31.1 Å². The van der Waals surface area contributed by atoms with Gasteiger partial charge < -0.3 is 15.1 Å². The molecule has 0 radical (unpaired) electrons. The van der Waals surface area contributed by atoms with Crippen LogP contribution in [0.15, 0.2) is 47.1 Å². The van der Waals surface area contributed by atoms with Crippen LogP contribution in [0.25, 0.3) is 0 Å². The highest BCUT2D eigenvalue weighted by molar-refractivity contribution is 5.91. The SMILES string of the molecule is CC(C)c1ccc(NC(=O)C[C@@H](C)CC(=O)NCc2ccco2)cc1. The Kier molecular flexibility index (Phi) is 6.81. The minimum absolute atomic E-state index is 0.0356. The van der Waals surface area contributed by atoms with Crippen LogP contribution < -0.4 is 10.6 Å². The first-order chi connectivity index (χ1) is 11.9. The Bertz CT molecular complexity index is 675. The number of hydrogen-bond acceptors (Lipinski definition) is 3. The lowest BCUT2D eigenvalue weighted by Gasteiger charge is -2.12. The second-order valence-electron chi connectivity index (χ2n) is 6.69. The molecule has 0 unspecified atom stereocenters. The summed E-state index contributed by atoms with van der Waals surface area (Å²) in [5.41, 5.74) is 2.02. The van der Waals surface area contributed by atoms with Gasteiger partial charge in [0.1, 0.15) is 5.76 Å². The van der Waals surface area contributed by atoms with Crippen molar-refractivity contribution in [1.82, 2.24) is 5.32 Å². The van der Waals surface area contributed by atoms with Gasteiger partial charge in [0.25, 0.3) is 0 Å². The largest absolute Gasteiger partial charge is 0.467 e. The van der Waals surface area contributed by atoms with E-state index in [1.807, 2.05) is 37.3 Å². The fourth-order valence-electron chi connectivity index (χ4n) is 2.54. The average molecular weight is 342 g/mol. The molecule has 2 amide bonds. The number of anilines is 1. The van der Waals surface area contributed by atoms with Gasteiger partial charge in [-0.3, -0.25) is 9.59 Å². The molecule has 134 valence electrons. The number of hydrogen-bond donors (Lipinski definition) is 2. The third kappa shape index (κ3) is 6.45. The number of benzene rings is 1.